The van der Waals surface area contributed by atoms with Gasteiger partial charge in [-0.15, -0.1) is 10.2 Å². The fraction of sp³-hybridized carbons (Fsp3) is 0.222. The van der Waals surface area contributed by atoms with Crippen molar-refractivity contribution < 1.29 is 24.2 Å². The van der Waals surface area contributed by atoms with Crippen LogP contribution in [0.4, 0.5) is 5.13 Å². The fourth-order valence-corrected chi connectivity index (χ4v) is 7.43. The molecule has 1 saturated heterocycles. The number of carbonyl (C=O) groups is 2. The smallest absolute Gasteiger partial charge is 0.301 e. The van der Waals surface area contributed by atoms with Gasteiger partial charge in [0.2, 0.25) is 5.13 Å². The van der Waals surface area contributed by atoms with Gasteiger partial charge in [0.15, 0.2) is 15.8 Å². The standard InChI is InChI=1S/C36H32ClN3O5S2/c1-3-5-19-45-28-18-15-24(20-29(28)44-4-2)31-30(32(41)23-13-16-26(37)17-14-23)33(42)34(43)40(31)35-38-39-36(47-35)46-21-25-11-8-10-22-9-6-7-12-27(22)25/h6-18,20,31,41H,3-5,19,21H2,1-2H3. The molecule has 0 aliphatic carbocycles. The first kappa shape index (κ1) is 32.6. The highest BCUT2D eigenvalue weighted by molar-refractivity contribution is 8.00. The summed E-state index contributed by atoms with van der Waals surface area (Å²) in [6.07, 6.45) is 1.86. The lowest BCUT2D eigenvalue weighted by Crippen LogP contribution is -2.29. The molecule has 1 aliphatic rings. The van der Waals surface area contributed by atoms with E-state index in [1.165, 1.54) is 28.0 Å². The molecule has 2 heterocycles. The minimum absolute atomic E-state index is 0.0698. The summed E-state index contributed by atoms with van der Waals surface area (Å²) in [5.74, 6) is -0.281. The molecule has 1 amide bonds. The number of aliphatic hydroxyl groups excluding tert-OH is 1. The van der Waals surface area contributed by atoms with Crippen molar-refractivity contribution in [2.75, 3.05) is 18.1 Å². The third kappa shape index (κ3) is 6.86. The molecule has 1 aliphatic heterocycles. The summed E-state index contributed by atoms with van der Waals surface area (Å²) in [5, 5.41) is 23.3. The van der Waals surface area contributed by atoms with Gasteiger partial charge >= 0.3 is 5.91 Å². The van der Waals surface area contributed by atoms with Crippen LogP contribution in [0.2, 0.25) is 5.02 Å². The number of thioether (sulfide) groups is 1. The Hall–Kier alpha value is -4.38. The molecule has 47 heavy (non-hydrogen) atoms. The average molecular weight is 686 g/mol. The molecule has 1 aromatic heterocycles. The van der Waals surface area contributed by atoms with Crippen molar-refractivity contribution in [2.24, 2.45) is 0 Å². The number of carbonyl (C=O) groups excluding carboxylic acids is 2. The molecule has 0 bridgehead atoms. The van der Waals surface area contributed by atoms with Crippen molar-refractivity contribution in [1.29, 1.82) is 0 Å². The maximum absolute atomic E-state index is 13.8. The van der Waals surface area contributed by atoms with Gasteiger partial charge in [-0.1, -0.05) is 96.6 Å². The molecule has 1 atom stereocenters. The van der Waals surface area contributed by atoms with Crippen LogP contribution in [-0.2, 0) is 15.3 Å². The topological polar surface area (TPSA) is 102 Å². The number of rotatable bonds is 12. The molecule has 1 N–H and O–H groups in total. The number of nitrogens with zero attached hydrogens (tertiary/aromatic N) is 3. The lowest BCUT2D eigenvalue weighted by molar-refractivity contribution is -0.132. The molecule has 0 saturated carbocycles. The molecule has 4 aromatic carbocycles. The van der Waals surface area contributed by atoms with Crippen LogP contribution in [0, 0.1) is 0 Å². The van der Waals surface area contributed by atoms with Crippen molar-refractivity contribution in [2.45, 2.75) is 42.8 Å². The SMILES string of the molecule is CCCCOc1ccc(C2C(=C(O)c3ccc(Cl)cc3)C(=O)C(=O)N2c2nnc(SCc3cccc4ccccc34)s2)cc1OCC. The zero-order valence-electron chi connectivity index (χ0n) is 25.8. The second-order valence-electron chi connectivity index (χ2n) is 10.8. The van der Waals surface area contributed by atoms with E-state index in [-0.39, 0.29) is 16.5 Å². The van der Waals surface area contributed by atoms with E-state index in [2.05, 4.69) is 41.4 Å². The zero-order chi connectivity index (χ0) is 32.9. The van der Waals surface area contributed by atoms with E-state index in [9.17, 15) is 14.7 Å². The highest BCUT2D eigenvalue weighted by Gasteiger charge is 2.48. The number of unbranched alkanes of at least 4 members (excludes halogenated alkanes) is 1. The fourth-order valence-electron chi connectivity index (χ4n) is 5.43. The quantitative estimate of drug-likeness (QED) is 0.0347. The minimum Gasteiger partial charge on any atom is -0.507 e. The normalized spacial score (nSPS) is 15.8. The van der Waals surface area contributed by atoms with E-state index >= 15 is 0 Å². The first-order valence-electron chi connectivity index (χ1n) is 15.3. The van der Waals surface area contributed by atoms with Gasteiger partial charge in [-0.05, 0) is 71.6 Å². The van der Waals surface area contributed by atoms with E-state index in [1.54, 1.807) is 42.5 Å². The molecule has 240 valence electrons. The van der Waals surface area contributed by atoms with E-state index in [4.69, 9.17) is 21.1 Å². The van der Waals surface area contributed by atoms with Gasteiger partial charge < -0.3 is 14.6 Å². The Bertz CT molecular complexity index is 1950. The van der Waals surface area contributed by atoms with Crippen molar-refractivity contribution in [3.05, 3.63) is 112 Å². The van der Waals surface area contributed by atoms with Crippen LogP contribution in [0.25, 0.3) is 16.5 Å². The number of halogens is 1. The summed E-state index contributed by atoms with van der Waals surface area (Å²) < 4.78 is 12.5. The first-order valence-corrected chi connectivity index (χ1v) is 17.5. The Morgan fingerprint density at radius 2 is 1.74 bits per heavy atom. The predicted molar refractivity (Wildman–Crippen MR) is 188 cm³/mol. The molecular weight excluding hydrogens is 654 g/mol. The molecule has 11 heteroatoms. The van der Waals surface area contributed by atoms with Gasteiger partial charge in [-0.25, -0.2) is 0 Å². The number of aromatic nitrogens is 2. The van der Waals surface area contributed by atoms with Gasteiger partial charge in [0, 0.05) is 16.3 Å². The maximum Gasteiger partial charge on any atom is 0.301 e. The van der Waals surface area contributed by atoms with Crippen LogP contribution in [0.1, 0.15) is 49.4 Å². The van der Waals surface area contributed by atoms with Gasteiger partial charge in [-0.2, -0.15) is 0 Å². The Morgan fingerprint density at radius 1 is 0.957 bits per heavy atom. The summed E-state index contributed by atoms with van der Waals surface area (Å²) in [5.41, 5.74) is 1.98. The number of aliphatic hydroxyl groups is 1. The van der Waals surface area contributed by atoms with Crippen LogP contribution >= 0.6 is 34.7 Å². The minimum atomic E-state index is -1.00. The Balaban J connectivity index is 1.39. The number of hydrogen-bond acceptors (Lipinski definition) is 9. The first-order chi connectivity index (χ1) is 22.9. The molecule has 0 radical (unpaired) electrons. The third-order valence-corrected chi connectivity index (χ3v) is 10.1. The van der Waals surface area contributed by atoms with E-state index in [0.717, 1.165) is 29.2 Å². The highest BCUT2D eigenvalue weighted by Crippen LogP contribution is 2.46. The summed E-state index contributed by atoms with van der Waals surface area (Å²) in [6.45, 7) is 4.86. The number of anilines is 1. The van der Waals surface area contributed by atoms with Crippen LogP contribution in [0.3, 0.4) is 0 Å². The lowest BCUT2D eigenvalue weighted by atomic mass is 9.95. The average Bonchev–Trinajstić information content (AvgIpc) is 3.66. The van der Waals surface area contributed by atoms with E-state index in [0.29, 0.717) is 51.0 Å². The van der Waals surface area contributed by atoms with Crippen LogP contribution in [-0.4, -0.2) is 40.2 Å². The van der Waals surface area contributed by atoms with Crippen LogP contribution in [0.5, 0.6) is 11.5 Å². The number of benzene rings is 4. The van der Waals surface area contributed by atoms with E-state index in [1.807, 2.05) is 25.1 Å². The second-order valence-corrected chi connectivity index (χ2v) is 13.4. The number of fused-ring (bicyclic) bond motifs is 1. The highest BCUT2D eigenvalue weighted by atomic mass is 35.5. The summed E-state index contributed by atoms with van der Waals surface area (Å²) >= 11 is 8.81. The zero-order valence-corrected chi connectivity index (χ0v) is 28.2. The third-order valence-electron chi connectivity index (χ3n) is 7.73. The maximum atomic E-state index is 13.8. The van der Waals surface area contributed by atoms with Crippen molar-refractivity contribution in [1.82, 2.24) is 10.2 Å². The molecule has 1 fully saturated rings. The molecule has 1 unspecified atom stereocenters. The Kier molecular flexibility index (Phi) is 10.1. The summed E-state index contributed by atoms with van der Waals surface area (Å²) in [6, 6.07) is 25.1. The monoisotopic (exact) mass is 685 g/mol. The van der Waals surface area contributed by atoms with Gasteiger partial charge in [0.05, 0.1) is 24.8 Å². The Morgan fingerprint density at radius 3 is 2.53 bits per heavy atom. The Labute approximate surface area is 286 Å². The van der Waals surface area contributed by atoms with Gasteiger partial charge in [0.25, 0.3) is 5.78 Å². The lowest BCUT2D eigenvalue weighted by Gasteiger charge is -2.23. The number of ketones is 1. The van der Waals surface area contributed by atoms with Crippen molar-refractivity contribution in [3.63, 3.8) is 0 Å². The summed E-state index contributed by atoms with van der Waals surface area (Å²) in [4.78, 5) is 28.8. The number of amides is 1. The summed E-state index contributed by atoms with van der Waals surface area (Å²) in [7, 11) is 0. The molecule has 6 rings (SSSR count). The molecular formula is C36H32ClN3O5S2. The van der Waals surface area contributed by atoms with Crippen molar-refractivity contribution in [3.8, 4) is 11.5 Å². The molecule has 0 spiro atoms. The predicted octanol–water partition coefficient (Wildman–Crippen LogP) is 8.84. The molecule has 8 nitrogen and oxygen atoms in total. The number of Topliss-reactive ketones (excluding diaryl/α,β-unsaturated/α-hetero) is 1. The second kappa shape index (κ2) is 14.6. The molecule has 5 aromatic rings. The number of ether oxygens (including phenoxy) is 2. The van der Waals surface area contributed by atoms with Gasteiger partial charge in [-0.3, -0.25) is 14.5 Å². The van der Waals surface area contributed by atoms with Crippen molar-refractivity contribution >= 4 is 68.1 Å². The van der Waals surface area contributed by atoms with Crippen LogP contribution in [0.15, 0.2) is 94.8 Å². The van der Waals surface area contributed by atoms with Gasteiger partial charge in [0.1, 0.15) is 5.76 Å². The largest absolute Gasteiger partial charge is 0.507 e. The van der Waals surface area contributed by atoms with E-state index < -0.39 is 17.7 Å². The number of hydrogen-bond donors (Lipinski definition) is 1. The van der Waals surface area contributed by atoms with Crippen LogP contribution < -0.4 is 14.4 Å².